The van der Waals surface area contributed by atoms with E-state index in [9.17, 15) is 9.59 Å². The van der Waals surface area contributed by atoms with Crippen LogP contribution in [0.4, 0.5) is 5.69 Å². The number of nitrogens with one attached hydrogen (secondary N) is 2. The molecule has 1 aromatic carbocycles. The number of aromatic amines is 1. The summed E-state index contributed by atoms with van der Waals surface area (Å²) < 4.78 is 6.53. The number of ether oxygens (including phenoxy) is 1. The lowest BCUT2D eigenvalue weighted by atomic mass is 9.86. The number of aromatic nitrogens is 3. The minimum Gasteiger partial charge on any atom is -0.385 e. The summed E-state index contributed by atoms with van der Waals surface area (Å²) in [5.41, 5.74) is 1.54. The van der Waals surface area contributed by atoms with E-state index < -0.39 is 0 Å². The van der Waals surface area contributed by atoms with Crippen LogP contribution in [-0.2, 0) is 21.5 Å². The Morgan fingerprint density at radius 2 is 2.08 bits per heavy atom. The lowest BCUT2D eigenvalue weighted by molar-refractivity contribution is -0.113. The molecule has 0 bridgehead atoms. The Hall–Kier alpha value is -2.06. The van der Waals surface area contributed by atoms with Gasteiger partial charge >= 0.3 is 5.69 Å². The van der Waals surface area contributed by atoms with E-state index in [0.29, 0.717) is 24.7 Å². The van der Waals surface area contributed by atoms with Crippen LogP contribution < -0.4 is 11.0 Å². The Balaban J connectivity index is 1.99. The van der Waals surface area contributed by atoms with Gasteiger partial charge in [0, 0.05) is 25.9 Å². The van der Waals surface area contributed by atoms with Crippen molar-refractivity contribution in [3.05, 3.63) is 40.3 Å². The second-order valence-corrected chi connectivity index (χ2v) is 7.88. The van der Waals surface area contributed by atoms with Crippen molar-refractivity contribution in [3.8, 4) is 0 Å². The Kier molecular flexibility index (Phi) is 7.05. The number of anilines is 1. The number of para-hydroxylation sites is 1. The van der Waals surface area contributed by atoms with Gasteiger partial charge in [0.25, 0.3) is 0 Å². The van der Waals surface area contributed by atoms with Gasteiger partial charge in [-0.25, -0.2) is 9.89 Å². The van der Waals surface area contributed by atoms with Crippen molar-refractivity contribution in [1.29, 1.82) is 0 Å². The first-order valence-electron chi connectivity index (χ1n) is 8.49. The molecule has 0 spiro atoms. The van der Waals surface area contributed by atoms with E-state index in [-0.39, 0.29) is 22.8 Å². The first-order valence-corrected chi connectivity index (χ1v) is 9.48. The monoisotopic (exact) mass is 378 g/mol. The summed E-state index contributed by atoms with van der Waals surface area (Å²) in [5.74, 6) is 0.0399. The van der Waals surface area contributed by atoms with Gasteiger partial charge in [0.15, 0.2) is 5.16 Å². The molecule has 2 N–H and O–H groups in total. The third kappa shape index (κ3) is 5.47. The predicted octanol–water partition coefficient (Wildman–Crippen LogP) is 2.64. The Morgan fingerprint density at radius 3 is 2.77 bits per heavy atom. The number of hydrogen-bond donors (Lipinski definition) is 2. The molecule has 0 saturated carbocycles. The van der Waals surface area contributed by atoms with Crippen molar-refractivity contribution in [1.82, 2.24) is 14.8 Å². The first kappa shape index (κ1) is 20.3. The van der Waals surface area contributed by atoms with Crippen molar-refractivity contribution >= 4 is 23.4 Å². The van der Waals surface area contributed by atoms with Crippen LogP contribution in [0.3, 0.4) is 0 Å². The topological polar surface area (TPSA) is 89.0 Å². The van der Waals surface area contributed by atoms with E-state index in [0.717, 1.165) is 11.3 Å². The highest BCUT2D eigenvalue weighted by molar-refractivity contribution is 7.99. The normalized spacial score (nSPS) is 11.5. The molecule has 0 aliphatic rings. The number of carbonyl (C=O) groups is 1. The van der Waals surface area contributed by atoms with Crippen LogP contribution in [0.1, 0.15) is 32.8 Å². The zero-order valence-corrected chi connectivity index (χ0v) is 16.5. The van der Waals surface area contributed by atoms with Gasteiger partial charge in [-0.1, -0.05) is 50.7 Å². The Bertz CT molecular complexity index is 792. The average Bonchev–Trinajstić information content (AvgIpc) is 2.93. The number of nitrogens with zero attached hydrogens (tertiary/aromatic N) is 2. The van der Waals surface area contributed by atoms with Gasteiger partial charge in [-0.3, -0.25) is 9.36 Å². The molecular formula is C18H26N4O3S. The number of benzene rings is 1. The van der Waals surface area contributed by atoms with Crippen LogP contribution >= 0.6 is 11.8 Å². The highest BCUT2D eigenvalue weighted by Crippen LogP contribution is 2.29. The molecular weight excluding hydrogens is 352 g/mol. The number of thioether (sulfide) groups is 1. The van der Waals surface area contributed by atoms with Gasteiger partial charge in [0.05, 0.1) is 5.75 Å². The van der Waals surface area contributed by atoms with E-state index in [2.05, 4.69) is 36.3 Å². The van der Waals surface area contributed by atoms with Crippen molar-refractivity contribution in [2.75, 3.05) is 24.8 Å². The molecule has 0 atom stereocenters. The van der Waals surface area contributed by atoms with Crippen LogP contribution in [-0.4, -0.2) is 40.1 Å². The van der Waals surface area contributed by atoms with Crippen molar-refractivity contribution in [2.45, 2.75) is 44.3 Å². The maximum atomic E-state index is 12.4. The smallest absolute Gasteiger partial charge is 0.343 e. The van der Waals surface area contributed by atoms with Gasteiger partial charge in [-0.05, 0) is 23.5 Å². The number of hydrogen-bond acceptors (Lipinski definition) is 5. The van der Waals surface area contributed by atoms with Gasteiger partial charge in [0.2, 0.25) is 5.91 Å². The molecule has 1 amide bonds. The zero-order chi connectivity index (χ0) is 19.2. The van der Waals surface area contributed by atoms with E-state index in [4.69, 9.17) is 4.74 Å². The summed E-state index contributed by atoms with van der Waals surface area (Å²) in [4.78, 5) is 24.2. The van der Waals surface area contributed by atoms with E-state index in [1.807, 2.05) is 24.3 Å². The summed E-state index contributed by atoms with van der Waals surface area (Å²) in [6.07, 6.45) is 0.703. The maximum Gasteiger partial charge on any atom is 0.343 e. The molecule has 0 unspecified atom stereocenters. The molecule has 142 valence electrons. The first-order chi connectivity index (χ1) is 12.3. The van der Waals surface area contributed by atoms with Crippen molar-refractivity contribution in [3.63, 3.8) is 0 Å². The van der Waals surface area contributed by atoms with Crippen molar-refractivity contribution < 1.29 is 9.53 Å². The summed E-state index contributed by atoms with van der Waals surface area (Å²) in [6.45, 7) is 7.38. The minimum absolute atomic E-state index is 0.0684. The third-order valence-corrected chi connectivity index (χ3v) is 4.77. The second kappa shape index (κ2) is 9.05. The van der Waals surface area contributed by atoms with Crippen LogP contribution in [0.25, 0.3) is 0 Å². The Morgan fingerprint density at radius 1 is 1.35 bits per heavy atom. The quantitative estimate of drug-likeness (QED) is 0.544. The number of methoxy groups -OCH3 is 1. The van der Waals surface area contributed by atoms with E-state index in [1.54, 1.807) is 7.11 Å². The van der Waals surface area contributed by atoms with E-state index >= 15 is 0 Å². The molecule has 2 aromatic rings. The molecule has 1 aromatic heterocycles. The lowest BCUT2D eigenvalue weighted by Crippen LogP contribution is -2.21. The van der Waals surface area contributed by atoms with Gasteiger partial charge < -0.3 is 10.1 Å². The van der Waals surface area contributed by atoms with Gasteiger partial charge in [-0.2, -0.15) is 0 Å². The summed E-state index contributed by atoms with van der Waals surface area (Å²) >= 11 is 1.23. The SMILES string of the molecule is COCCCn1c(SCC(=O)Nc2ccccc2C(C)(C)C)n[nH]c1=O. The second-order valence-electron chi connectivity index (χ2n) is 6.94. The predicted molar refractivity (Wildman–Crippen MR) is 104 cm³/mol. The molecule has 0 aliphatic heterocycles. The molecule has 7 nitrogen and oxygen atoms in total. The molecule has 26 heavy (non-hydrogen) atoms. The molecule has 1 heterocycles. The Labute approximate surface area is 157 Å². The van der Waals surface area contributed by atoms with Gasteiger partial charge in [-0.15, -0.1) is 5.10 Å². The van der Waals surface area contributed by atoms with E-state index in [1.165, 1.54) is 16.3 Å². The molecule has 2 rings (SSSR count). The van der Waals surface area contributed by atoms with Gasteiger partial charge in [0.1, 0.15) is 0 Å². The van der Waals surface area contributed by atoms with Crippen molar-refractivity contribution in [2.24, 2.45) is 0 Å². The molecule has 0 saturated heterocycles. The fraction of sp³-hybridized carbons (Fsp3) is 0.500. The lowest BCUT2D eigenvalue weighted by Gasteiger charge is -2.22. The summed E-state index contributed by atoms with van der Waals surface area (Å²) in [5, 5.41) is 9.89. The molecule has 0 aliphatic carbocycles. The standard InChI is InChI=1S/C18H26N4O3S/c1-18(2,3)13-8-5-6-9-14(13)19-15(23)12-26-17-21-20-16(24)22(17)10-7-11-25-4/h5-6,8-9H,7,10-12H2,1-4H3,(H,19,23)(H,20,24). The highest BCUT2D eigenvalue weighted by Gasteiger charge is 2.19. The average molecular weight is 378 g/mol. The highest BCUT2D eigenvalue weighted by atomic mass is 32.2. The van der Waals surface area contributed by atoms with Crippen LogP contribution in [0, 0.1) is 0 Å². The van der Waals surface area contributed by atoms with Crippen LogP contribution in [0.15, 0.2) is 34.2 Å². The molecule has 8 heteroatoms. The number of rotatable bonds is 8. The number of carbonyl (C=O) groups excluding carboxylic acids is 1. The summed E-state index contributed by atoms with van der Waals surface area (Å²) in [7, 11) is 1.62. The maximum absolute atomic E-state index is 12.4. The zero-order valence-electron chi connectivity index (χ0n) is 15.7. The number of H-pyrrole nitrogens is 1. The minimum atomic E-state index is -0.276. The molecule has 0 radical (unpaired) electrons. The summed E-state index contributed by atoms with van der Waals surface area (Å²) in [6, 6.07) is 7.79. The molecule has 0 fully saturated rings. The van der Waals surface area contributed by atoms with Crippen LogP contribution in [0.2, 0.25) is 0 Å². The number of amides is 1. The fourth-order valence-corrected chi connectivity index (χ4v) is 3.31. The largest absolute Gasteiger partial charge is 0.385 e. The van der Waals surface area contributed by atoms with Crippen LogP contribution in [0.5, 0.6) is 0 Å². The third-order valence-electron chi connectivity index (χ3n) is 3.79. The fourth-order valence-electron chi connectivity index (χ4n) is 2.54.